The molecule has 1 fully saturated rings. The average Bonchev–Trinajstić information content (AvgIpc) is 2.91. The van der Waals surface area contributed by atoms with E-state index in [4.69, 9.17) is 21.3 Å². The average molecular weight is 587 g/mol. The normalized spacial score (nSPS) is 17.4. The molecule has 0 radical (unpaired) electrons. The molecule has 0 aliphatic carbocycles. The van der Waals surface area contributed by atoms with Crippen LogP contribution in [0.25, 0.3) is 22.0 Å². The van der Waals surface area contributed by atoms with Crippen LogP contribution in [0.15, 0.2) is 65.7 Å². The first-order valence-corrected chi connectivity index (χ1v) is 13.9. The molecular formula is C29H26ClF3N4O2S. The van der Waals surface area contributed by atoms with Gasteiger partial charge in [-0.2, -0.15) is 8.78 Å². The fourth-order valence-electron chi connectivity index (χ4n) is 4.77. The molecule has 6 nitrogen and oxygen atoms in total. The fraction of sp³-hybridized carbons (Fsp3) is 0.276. The summed E-state index contributed by atoms with van der Waals surface area (Å²) in [5.74, 6) is -2.83. The van der Waals surface area contributed by atoms with Gasteiger partial charge in [-0.15, -0.1) is 0 Å². The molecule has 0 bridgehead atoms. The van der Waals surface area contributed by atoms with Gasteiger partial charge >= 0.3 is 0 Å². The third-order valence-electron chi connectivity index (χ3n) is 6.44. The second-order valence-electron chi connectivity index (χ2n) is 9.60. The summed E-state index contributed by atoms with van der Waals surface area (Å²) in [6.45, 7) is 5.43. The number of rotatable bonds is 7. The number of ether oxygens (including phenoxy) is 1. The Labute approximate surface area is 238 Å². The van der Waals surface area contributed by atoms with Crippen molar-refractivity contribution in [2.45, 2.75) is 43.3 Å². The van der Waals surface area contributed by atoms with E-state index in [-0.39, 0.29) is 34.2 Å². The Balaban J connectivity index is 1.36. The number of alkyl halides is 2. The largest absolute Gasteiger partial charge is 0.372 e. The minimum Gasteiger partial charge on any atom is -0.372 e. The number of nitrogens with one attached hydrogen (secondary N) is 1. The van der Waals surface area contributed by atoms with E-state index in [0.29, 0.717) is 52.6 Å². The van der Waals surface area contributed by atoms with Crippen molar-refractivity contribution in [3.8, 4) is 11.3 Å². The minimum absolute atomic E-state index is 0.00339. The van der Waals surface area contributed by atoms with E-state index in [1.807, 2.05) is 26.0 Å². The number of morpholine rings is 1. The van der Waals surface area contributed by atoms with Gasteiger partial charge in [-0.3, -0.25) is 9.78 Å². The maximum Gasteiger partial charge on any atom is 0.288 e. The van der Waals surface area contributed by atoms with Crippen LogP contribution in [0.1, 0.15) is 29.9 Å². The van der Waals surface area contributed by atoms with E-state index >= 15 is 4.39 Å². The molecule has 1 aliphatic heterocycles. The number of fused-ring (bicyclic) bond motifs is 1. The molecule has 208 valence electrons. The van der Waals surface area contributed by atoms with Crippen LogP contribution in [0, 0.1) is 5.82 Å². The lowest BCUT2D eigenvalue weighted by molar-refractivity contribution is -0.00545. The number of carbonyl (C=O) groups is 1. The lowest BCUT2D eigenvalue weighted by Gasteiger charge is -2.36. The third kappa shape index (κ3) is 6.51. The molecule has 11 heteroatoms. The van der Waals surface area contributed by atoms with Crippen LogP contribution in [-0.4, -0.2) is 46.9 Å². The predicted octanol–water partition coefficient (Wildman–Crippen LogP) is 6.95. The van der Waals surface area contributed by atoms with E-state index in [1.165, 1.54) is 18.2 Å². The minimum atomic E-state index is -2.64. The Morgan fingerprint density at radius 2 is 1.93 bits per heavy atom. The first-order valence-electron chi connectivity index (χ1n) is 12.6. The van der Waals surface area contributed by atoms with Crippen molar-refractivity contribution in [3.63, 3.8) is 0 Å². The zero-order valence-electron chi connectivity index (χ0n) is 21.7. The number of benzene rings is 2. The molecule has 1 aliphatic rings. The molecule has 0 spiro atoms. The molecule has 0 saturated carbocycles. The monoisotopic (exact) mass is 586 g/mol. The van der Waals surface area contributed by atoms with Gasteiger partial charge in [0.2, 0.25) is 0 Å². The number of anilines is 1. The molecule has 2 atom stereocenters. The number of pyridine rings is 2. The van der Waals surface area contributed by atoms with Gasteiger partial charge in [0.15, 0.2) is 0 Å². The van der Waals surface area contributed by atoms with Gasteiger partial charge < -0.3 is 15.0 Å². The molecule has 2 aromatic heterocycles. The number of aromatic nitrogens is 2. The van der Waals surface area contributed by atoms with Gasteiger partial charge in [-0.25, -0.2) is 9.37 Å². The van der Waals surface area contributed by atoms with Crippen molar-refractivity contribution in [1.29, 1.82) is 0 Å². The van der Waals surface area contributed by atoms with Crippen LogP contribution in [0.2, 0.25) is 5.02 Å². The van der Waals surface area contributed by atoms with Crippen LogP contribution in [0.5, 0.6) is 0 Å². The van der Waals surface area contributed by atoms with Crippen molar-refractivity contribution in [1.82, 2.24) is 15.3 Å². The summed E-state index contributed by atoms with van der Waals surface area (Å²) in [6, 6.07) is 14.7. The molecule has 5 rings (SSSR count). The SMILES string of the molecule is C[C@@H]1CN(c2cccc(-c3ccc4cnc(CNC(=O)c5cc(Cl)cc(SC(F)F)c5)cc4c3F)n2)C[C@H](C)O1. The zero-order valence-corrected chi connectivity index (χ0v) is 23.3. The summed E-state index contributed by atoms with van der Waals surface area (Å²) in [7, 11) is 0. The van der Waals surface area contributed by atoms with E-state index in [9.17, 15) is 13.6 Å². The maximum absolute atomic E-state index is 15.8. The summed E-state index contributed by atoms with van der Waals surface area (Å²) in [6.07, 6.45) is 1.67. The van der Waals surface area contributed by atoms with Crippen LogP contribution < -0.4 is 10.2 Å². The maximum atomic E-state index is 15.8. The summed E-state index contributed by atoms with van der Waals surface area (Å²) in [4.78, 5) is 24.1. The molecule has 1 amide bonds. The standard InChI is InChI=1S/C29H26ClF3N4O2S/c1-16-14-37(15-17(2)39-16)26-5-3-4-25(36-26)23-7-6-18-12-34-21(11-24(18)27(23)31)13-35-28(38)19-8-20(30)10-22(9-19)40-29(32)33/h3-12,16-17,29H,13-15H2,1-2H3,(H,35,38)/t16-,17+. The van der Waals surface area contributed by atoms with Gasteiger partial charge in [0.25, 0.3) is 11.7 Å². The van der Waals surface area contributed by atoms with E-state index < -0.39 is 17.5 Å². The van der Waals surface area contributed by atoms with Crippen LogP contribution in [0.3, 0.4) is 0 Å². The quantitative estimate of drug-likeness (QED) is 0.236. The zero-order chi connectivity index (χ0) is 28.4. The van der Waals surface area contributed by atoms with Crippen LogP contribution in [0.4, 0.5) is 19.0 Å². The van der Waals surface area contributed by atoms with Crippen molar-refractivity contribution < 1.29 is 22.7 Å². The summed E-state index contributed by atoms with van der Waals surface area (Å²) in [5.41, 5.74) is 1.43. The number of carbonyl (C=O) groups excluding carboxylic acids is 1. The van der Waals surface area contributed by atoms with E-state index in [1.54, 1.807) is 30.5 Å². The Morgan fingerprint density at radius 3 is 2.67 bits per heavy atom. The van der Waals surface area contributed by atoms with Gasteiger partial charge in [0, 0.05) is 51.1 Å². The summed E-state index contributed by atoms with van der Waals surface area (Å²) < 4.78 is 47.2. The number of hydrogen-bond acceptors (Lipinski definition) is 6. The van der Waals surface area contributed by atoms with Gasteiger partial charge in [0.05, 0.1) is 30.1 Å². The van der Waals surface area contributed by atoms with Crippen molar-refractivity contribution in [2.75, 3.05) is 18.0 Å². The predicted molar refractivity (Wildman–Crippen MR) is 152 cm³/mol. The van der Waals surface area contributed by atoms with Crippen molar-refractivity contribution in [2.24, 2.45) is 0 Å². The Kier molecular flexibility index (Phi) is 8.48. The highest BCUT2D eigenvalue weighted by molar-refractivity contribution is 7.99. The smallest absolute Gasteiger partial charge is 0.288 e. The number of thioether (sulfide) groups is 1. The molecule has 40 heavy (non-hydrogen) atoms. The number of hydrogen-bond donors (Lipinski definition) is 1. The lowest BCUT2D eigenvalue weighted by Crippen LogP contribution is -2.45. The van der Waals surface area contributed by atoms with Crippen molar-refractivity contribution >= 4 is 45.9 Å². The molecule has 1 N–H and O–H groups in total. The van der Waals surface area contributed by atoms with Crippen LogP contribution in [-0.2, 0) is 11.3 Å². The topological polar surface area (TPSA) is 67.4 Å². The number of amides is 1. The molecule has 1 saturated heterocycles. The van der Waals surface area contributed by atoms with Crippen LogP contribution >= 0.6 is 23.4 Å². The van der Waals surface area contributed by atoms with Gasteiger partial charge in [0.1, 0.15) is 11.6 Å². The van der Waals surface area contributed by atoms with E-state index in [0.717, 1.165) is 5.82 Å². The van der Waals surface area contributed by atoms with E-state index in [2.05, 4.69) is 15.2 Å². The summed E-state index contributed by atoms with van der Waals surface area (Å²) in [5, 5.41) is 3.81. The molecule has 4 aromatic rings. The molecular weight excluding hydrogens is 561 g/mol. The first kappa shape index (κ1) is 28.2. The first-order chi connectivity index (χ1) is 19.2. The number of halogens is 4. The second kappa shape index (κ2) is 12.0. The second-order valence-corrected chi connectivity index (χ2v) is 11.1. The molecule has 3 heterocycles. The van der Waals surface area contributed by atoms with Gasteiger partial charge in [-0.05, 0) is 56.3 Å². The highest BCUT2D eigenvalue weighted by atomic mass is 35.5. The molecule has 0 unspecified atom stereocenters. The highest BCUT2D eigenvalue weighted by Gasteiger charge is 2.24. The highest BCUT2D eigenvalue weighted by Crippen LogP contribution is 2.31. The van der Waals surface area contributed by atoms with Crippen molar-refractivity contribution in [3.05, 3.63) is 82.9 Å². The number of nitrogens with zero attached hydrogens (tertiary/aromatic N) is 3. The fourth-order valence-corrected chi connectivity index (χ4v) is 5.67. The molecule has 2 aromatic carbocycles. The Bertz CT molecular complexity index is 1550. The third-order valence-corrected chi connectivity index (χ3v) is 7.34. The Hall–Kier alpha value is -3.34. The van der Waals surface area contributed by atoms with Gasteiger partial charge in [-0.1, -0.05) is 35.5 Å². The summed E-state index contributed by atoms with van der Waals surface area (Å²) >= 11 is 6.31. The lowest BCUT2D eigenvalue weighted by atomic mass is 10.0. The Morgan fingerprint density at radius 1 is 1.15 bits per heavy atom.